The molecule has 0 saturated heterocycles. The molecule has 0 saturated carbocycles. The van der Waals surface area contributed by atoms with Gasteiger partial charge < -0.3 is 4.89 Å². The van der Waals surface area contributed by atoms with Crippen molar-refractivity contribution in [2.45, 2.75) is 207 Å². The lowest BCUT2D eigenvalue weighted by atomic mass is 10.1. The molecule has 0 aliphatic heterocycles. The zero-order chi connectivity index (χ0) is 29.4. The van der Waals surface area contributed by atoms with E-state index in [9.17, 15) is 9.46 Å². The molecule has 5 heteroatoms. The van der Waals surface area contributed by atoms with Gasteiger partial charge in [0.05, 0.1) is 6.61 Å². The smallest absolute Gasteiger partial charge is 0.312 e. The van der Waals surface area contributed by atoms with Gasteiger partial charge >= 0.3 is 7.75 Å². The van der Waals surface area contributed by atoms with E-state index in [4.69, 9.17) is 4.52 Å². The summed E-state index contributed by atoms with van der Waals surface area (Å²) in [5, 5.41) is 0. The second-order valence-corrected chi connectivity index (χ2v) is 14.3. The molecule has 242 valence electrons. The SMILES string of the molecule is CCCCCCCCCCCCCCN(CCCCCCCCCCCCCC)P(=O)(O)OCCCCCCC. The van der Waals surface area contributed by atoms with E-state index < -0.39 is 7.75 Å². The largest absolute Gasteiger partial charge is 0.405 e. The second-order valence-electron chi connectivity index (χ2n) is 12.5. The fourth-order valence-electron chi connectivity index (χ4n) is 5.61. The van der Waals surface area contributed by atoms with Gasteiger partial charge in [0, 0.05) is 13.1 Å². The van der Waals surface area contributed by atoms with Crippen molar-refractivity contribution in [2.75, 3.05) is 19.7 Å². The summed E-state index contributed by atoms with van der Waals surface area (Å²) >= 11 is 0. The van der Waals surface area contributed by atoms with Crippen molar-refractivity contribution < 1.29 is 14.0 Å². The molecule has 0 spiro atoms. The van der Waals surface area contributed by atoms with E-state index in [1.54, 1.807) is 4.67 Å². The predicted octanol–water partition coefficient (Wildman–Crippen LogP) is 12.8. The number of rotatable bonds is 34. The van der Waals surface area contributed by atoms with Gasteiger partial charge in [-0.3, -0.25) is 4.52 Å². The molecule has 0 aromatic rings. The summed E-state index contributed by atoms with van der Waals surface area (Å²) in [6, 6.07) is 0. The average molecular weight is 588 g/mol. The molecule has 0 bridgehead atoms. The van der Waals surface area contributed by atoms with Crippen LogP contribution in [0.3, 0.4) is 0 Å². The van der Waals surface area contributed by atoms with Gasteiger partial charge in [0.2, 0.25) is 0 Å². The molecule has 0 radical (unpaired) electrons. The van der Waals surface area contributed by atoms with Gasteiger partial charge in [0.25, 0.3) is 0 Å². The van der Waals surface area contributed by atoms with Crippen LogP contribution < -0.4 is 0 Å². The van der Waals surface area contributed by atoms with Crippen LogP contribution in [0.2, 0.25) is 0 Å². The first kappa shape index (κ1) is 40.1. The Labute approximate surface area is 252 Å². The molecular weight excluding hydrogens is 513 g/mol. The Morgan fingerprint density at radius 3 is 0.975 bits per heavy atom. The number of unbranched alkanes of at least 4 members (excludes halogenated alkanes) is 26. The lowest BCUT2D eigenvalue weighted by Crippen LogP contribution is -2.24. The molecule has 1 N–H and O–H groups in total. The van der Waals surface area contributed by atoms with Gasteiger partial charge in [-0.1, -0.05) is 188 Å². The van der Waals surface area contributed by atoms with Crippen LogP contribution in [0.4, 0.5) is 0 Å². The molecule has 40 heavy (non-hydrogen) atoms. The van der Waals surface area contributed by atoms with Gasteiger partial charge in [-0.15, -0.1) is 0 Å². The van der Waals surface area contributed by atoms with Crippen LogP contribution in [-0.2, 0) is 9.09 Å². The predicted molar refractivity (Wildman–Crippen MR) is 178 cm³/mol. The number of hydrogen-bond donors (Lipinski definition) is 1. The fraction of sp³-hybridized carbons (Fsp3) is 1.00. The molecule has 0 rings (SSSR count). The van der Waals surface area contributed by atoms with Gasteiger partial charge in [-0.05, 0) is 19.3 Å². The second kappa shape index (κ2) is 32.0. The van der Waals surface area contributed by atoms with Gasteiger partial charge in [0.1, 0.15) is 0 Å². The summed E-state index contributed by atoms with van der Waals surface area (Å²) < 4.78 is 20.5. The molecule has 1 unspecified atom stereocenters. The lowest BCUT2D eigenvalue weighted by Gasteiger charge is -2.26. The zero-order valence-electron chi connectivity index (χ0n) is 27.8. The van der Waals surface area contributed by atoms with Crippen LogP contribution >= 0.6 is 7.75 Å². The van der Waals surface area contributed by atoms with Crippen LogP contribution in [0.25, 0.3) is 0 Å². The summed E-state index contributed by atoms with van der Waals surface area (Å²) in [7, 11) is -3.69. The van der Waals surface area contributed by atoms with Crippen LogP contribution in [0.15, 0.2) is 0 Å². The molecule has 0 aliphatic rings. The van der Waals surface area contributed by atoms with Crippen LogP contribution in [0.5, 0.6) is 0 Å². The van der Waals surface area contributed by atoms with Crippen molar-refractivity contribution in [3.63, 3.8) is 0 Å². The minimum Gasteiger partial charge on any atom is -0.312 e. The molecule has 1 atom stereocenters. The van der Waals surface area contributed by atoms with Crippen LogP contribution in [0.1, 0.15) is 207 Å². The van der Waals surface area contributed by atoms with E-state index >= 15 is 0 Å². The third kappa shape index (κ3) is 28.2. The Kier molecular flexibility index (Phi) is 32.1. The van der Waals surface area contributed by atoms with Crippen molar-refractivity contribution >= 4 is 7.75 Å². The molecule has 0 fully saturated rings. The van der Waals surface area contributed by atoms with Gasteiger partial charge in [0.15, 0.2) is 0 Å². The molecule has 0 amide bonds. The summed E-state index contributed by atoms with van der Waals surface area (Å²) in [6.45, 7) is 8.56. The molecule has 4 nitrogen and oxygen atoms in total. The Hall–Kier alpha value is 0.110. The highest BCUT2D eigenvalue weighted by Crippen LogP contribution is 2.47. The summed E-state index contributed by atoms with van der Waals surface area (Å²) in [5.41, 5.74) is 0. The monoisotopic (exact) mass is 588 g/mol. The maximum atomic E-state index is 13.1. The highest BCUT2D eigenvalue weighted by Gasteiger charge is 2.28. The Morgan fingerprint density at radius 1 is 0.425 bits per heavy atom. The van der Waals surface area contributed by atoms with Crippen LogP contribution in [-0.4, -0.2) is 29.3 Å². The van der Waals surface area contributed by atoms with E-state index in [2.05, 4.69) is 20.8 Å². The number of hydrogen-bond acceptors (Lipinski definition) is 2. The Morgan fingerprint density at radius 2 is 0.675 bits per heavy atom. The summed E-state index contributed by atoms with van der Waals surface area (Å²) in [6.07, 6.45) is 37.1. The van der Waals surface area contributed by atoms with E-state index in [1.165, 1.54) is 148 Å². The third-order valence-electron chi connectivity index (χ3n) is 8.40. The van der Waals surface area contributed by atoms with Crippen molar-refractivity contribution in [1.82, 2.24) is 4.67 Å². The normalized spacial score (nSPS) is 13.3. The Bertz CT molecular complexity index is 503. The van der Waals surface area contributed by atoms with E-state index in [-0.39, 0.29) is 0 Å². The van der Waals surface area contributed by atoms with E-state index in [0.717, 1.165) is 38.5 Å². The highest BCUT2D eigenvalue weighted by molar-refractivity contribution is 7.50. The van der Waals surface area contributed by atoms with Crippen LogP contribution in [0, 0.1) is 0 Å². The standard InChI is InChI=1S/C35H74NO3P/c1-4-7-10-13-15-17-19-21-23-25-27-30-33-36(40(37,38)39-35-32-29-12-9-6-3)34-31-28-26-24-22-20-18-16-14-11-8-5-2/h4-35H2,1-3H3,(H,37,38). The van der Waals surface area contributed by atoms with Gasteiger partial charge in [-0.25, -0.2) is 9.24 Å². The summed E-state index contributed by atoms with van der Waals surface area (Å²) in [4.78, 5) is 10.8. The summed E-state index contributed by atoms with van der Waals surface area (Å²) in [5.74, 6) is 0. The lowest BCUT2D eigenvalue weighted by molar-refractivity contribution is 0.194. The zero-order valence-corrected chi connectivity index (χ0v) is 28.7. The van der Waals surface area contributed by atoms with Crippen molar-refractivity contribution in [3.05, 3.63) is 0 Å². The highest BCUT2D eigenvalue weighted by atomic mass is 31.2. The van der Waals surface area contributed by atoms with E-state index in [1.807, 2.05) is 0 Å². The van der Waals surface area contributed by atoms with Crippen molar-refractivity contribution in [2.24, 2.45) is 0 Å². The average Bonchev–Trinajstić information content (AvgIpc) is 2.94. The fourth-order valence-corrected chi connectivity index (χ4v) is 6.92. The molecular formula is C35H74NO3P. The third-order valence-corrected chi connectivity index (χ3v) is 10.0. The maximum Gasteiger partial charge on any atom is 0.405 e. The molecule has 0 heterocycles. The minimum atomic E-state index is -3.69. The molecule has 0 aliphatic carbocycles. The topological polar surface area (TPSA) is 49.8 Å². The first-order valence-electron chi connectivity index (χ1n) is 18.3. The minimum absolute atomic E-state index is 0.408. The van der Waals surface area contributed by atoms with Crippen molar-refractivity contribution in [3.8, 4) is 0 Å². The van der Waals surface area contributed by atoms with E-state index in [0.29, 0.717) is 19.7 Å². The first-order valence-corrected chi connectivity index (χ1v) is 19.8. The maximum absolute atomic E-state index is 13.1. The van der Waals surface area contributed by atoms with Gasteiger partial charge in [-0.2, -0.15) is 0 Å². The van der Waals surface area contributed by atoms with Crippen molar-refractivity contribution in [1.29, 1.82) is 0 Å². The number of nitrogens with zero attached hydrogens (tertiary/aromatic N) is 1. The quantitative estimate of drug-likeness (QED) is 0.0601. The molecule has 0 aromatic heterocycles. The Balaban J connectivity index is 4.15. The first-order chi connectivity index (χ1) is 19.6. The molecule has 0 aromatic carbocycles.